The molecule has 5 nitrogen and oxygen atoms in total. The minimum absolute atomic E-state index is 0.520. The Balaban J connectivity index is 2.33. The van der Waals surface area contributed by atoms with Crippen molar-refractivity contribution in [3.63, 3.8) is 0 Å². The lowest BCUT2D eigenvalue weighted by Gasteiger charge is -2.29. The molecule has 0 aromatic rings. The van der Waals surface area contributed by atoms with Gasteiger partial charge in [0.15, 0.2) is 0 Å². The fraction of sp³-hybridized carbons (Fsp3) is 0.800. The molecule has 5 heteroatoms. The van der Waals surface area contributed by atoms with Gasteiger partial charge in [-0.05, 0) is 0 Å². The van der Waals surface area contributed by atoms with Crippen LogP contribution >= 0.6 is 0 Å². The summed E-state index contributed by atoms with van der Waals surface area (Å²) in [5.41, 5.74) is 0. The van der Waals surface area contributed by atoms with Crippen LogP contribution in [0.1, 0.15) is 0 Å². The fourth-order valence-corrected chi connectivity index (χ4v) is 0.913. The Labute approximate surface area is 59.0 Å². The zero-order valence-electron chi connectivity index (χ0n) is 5.66. The van der Waals surface area contributed by atoms with E-state index in [1.165, 1.54) is 4.90 Å². The summed E-state index contributed by atoms with van der Waals surface area (Å²) >= 11 is 0. The highest BCUT2D eigenvalue weighted by molar-refractivity contribution is 5.65. The number of carboxylic acid groups (broad SMARTS) is 1. The van der Waals surface area contributed by atoms with Crippen LogP contribution in [-0.4, -0.2) is 47.3 Å². The molecule has 1 heterocycles. The highest BCUT2D eigenvalue weighted by Crippen LogP contribution is 1.96. The first-order chi connectivity index (χ1) is 4.70. The summed E-state index contributed by atoms with van der Waals surface area (Å²) in [5, 5.41) is 10.1. The largest absolute Gasteiger partial charge is 0.465 e. The van der Waals surface area contributed by atoms with Crippen LogP contribution in [0.15, 0.2) is 0 Å². The topological polar surface area (TPSA) is 69.8 Å². The minimum atomic E-state index is -0.854. The van der Waals surface area contributed by atoms with Crippen molar-refractivity contribution in [2.75, 3.05) is 26.2 Å². The zero-order chi connectivity index (χ0) is 7.56. The molecule has 0 atom stereocenters. The number of rotatable bonds is 0. The zero-order valence-corrected chi connectivity index (χ0v) is 5.66. The molecule has 0 saturated carbocycles. The summed E-state index contributed by atoms with van der Waals surface area (Å²) in [6.07, 6.45) is -0.854. The minimum Gasteiger partial charge on any atom is -0.465 e. The van der Waals surface area contributed by atoms with E-state index in [0.29, 0.717) is 26.2 Å². The smallest absolute Gasteiger partial charge is 0.407 e. The predicted molar refractivity (Wildman–Crippen MR) is 35.4 cm³/mol. The van der Waals surface area contributed by atoms with Gasteiger partial charge in [-0.3, -0.25) is 5.84 Å². The van der Waals surface area contributed by atoms with Gasteiger partial charge in [0.05, 0.1) is 0 Å². The van der Waals surface area contributed by atoms with E-state index in [1.54, 1.807) is 5.01 Å². The summed E-state index contributed by atoms with van der Waals surface area (Å²) in [5.74, 6) is 5.41. The number of hydrogen-bond acceptors (Lipinski definition) is 3. The van der Waals surface area contributed by atoms with E-state index < -0.39 is 6.09 Å². The second-order valence-corrected chi connectivity index (χ2v) is 2.31. The van der Waals surface area contributed by atoms with Crippen LogP contribution in [-0.2, 0) is 0 Å². The van der Waals surface area contributed by atoms with Crippen molar-refractivity contribution in [2.24, 2.45) is 5.84 Å². The first kappa shape index (κ1) is 7.30. The lowest BCUT2D eigenvalue weighted by atomic mass is 10.4. The average molecular weight is 145 g/mol. The summed E-state index contributed by atoms with van der Waals surface area (Å²) in [4.78, 5) is 11.7. The Kier molecular flexibility index (Phi) is 2.08. The van der Waals surface area contributed by atoms with Gasteiger partial charge < -0.3 is 10.0 Å². The number of nitrogens with zero attached hydrogens (tertiary/aromatic N) is 2. The second kappa shape index (κ2) is 2.85. The first-order valence-corrected chi connectivity index (χ1v) is 3.17. The van der Waals surface area contributed by atoms with Crippen LogP contribution < -0.4 is 5.84 Å². The molecule has 3 N–H and O–H groups in total. The third-order valence-corrected chi connectivity index (χ3v) is 1.58. The molecule has 0 aromatic carbocycles. The van der Waals surface area contributed by atoms with Gasteiger partial charge in [-0.15, -0.1) is 0 Å². The van der Waals surface area contributed by atoms with Crippen LogP contribution in [0.4, 0.5) is 4.79 Å². The quantitative estimate of drug-likeness (QED) is 0.436. The van der Waals surface area contributed by atoms with Gasteiger partial charge in [-0.1, -0.05) is 0 Å². The summed E-state index contributed by atoms with van der Waals surface area (Å²) in [6, 6.07) is 0. The van der Waals surface area contributed by atoms with E-state index in [-0.39, 0.29) is 0 Å². The lowest BCUT2D eigenvalue weighted by molar-refractivity contribution is 0.106. The molecule has 1 aliphatic heterocycles. The fourth-order valence-electron chi connectivity index (χ4n) is 0.913. The van der Waals surface area contributed by atoms with Crippen molar-refractivity contribution >= 4 is 6.09 Å². The van der Waals surface area contributed by atoms with Crippen molar-refractivity contribution < 1.29 is 9.90 Å². The monoisotopic (exact) mass is 145 g/mol. The highest BCUT2D eigenvalue weighted by atomic mass is 16.4. The number of nitrogens with two attached hydrogens (primary N) is 1. The van der Waals surface area contributed by atoms with Crippen molar-refractivity contribution in [2.45, 2.75) is 0 Å². The van der Waals surface area contributed by atoms with Gasteiger partial charge in [0, 0.05) is 26.2 Å². The molecule has 1 fully saturated rings. The number of hydrazine groups is 1. The van der Waals surface area contributed by atoms with Gasteiger partial charge in [-0.25, -0.2) is 9.80 Å². The number of hydrogen-bond donors (Lipinski definition) is 2. The standard InChI is InChI=1S/C5H11N3O2/c6-8-3-1-7(2-4-8)5(9)10/h1-4,6H2,(H,9,10). The van der Waals surface area contributed by atoms with Crippen LogP contribution in [0.3, 0.4) is 0 Å². The van der Waals surface area contributed by atoms with Gasteiger partial charge >= 0.3 is 6.09 Å². The van der Waals surface area contributed by atoms with Gasteiger partial charge in [0.1, 0.15) is 0 Å². The Morgan fingerprint density at radius 2 is 1.80 bits per heavy atom. The molecular formula is C5H11N3O2. The van der Waals surface area contributed by atoms with E-state index in [1.807, 2.05) is 0 Å². The molecule has 58 valence electrons. The van der Waals surface area contributed by atoms with E-state index in [2.05, 4.69) is 0 Å². The second-order valence-electron chi connectivity index (χ2n) is 2.31. The maximum atomic E-state index is 10.3. The highest BCUT2D eigenvalue weighted by Gasteiger charge is 2.17. The number of carbonyl (C=O) groups is 1. The van der Waals surface area contributed by atoms with Crippen LogP contribution in [0.5, 0.6) is 0 Å². The maximum Gasteiger partial charge on any atom is 0.407 e. The normalized spacial score (nSPS) is 21.1. The van der Waals surface area contributed by atoms with E-state index in [9.17, 15) is 4.79 Å². The SMILES string of the molecule is NN1CCN(C(=O)O)CC1. The Morgan fingerprint density at radius 3 is 2.20 bits per heavy atom. The summed E-state index contributed by atoms with van der Waals surface area (Å²) in [6.45, 7) is 2.30. The molecule has 0 bridgehead atoms. The van der Waals surface area contributed by atoms with E-state index >= 15 is 0 Å². The van der Waals surface area contributed by atoms with E-state index in [4.69, 9.17) is 10.9 Å². The third-order valence-electron chi connectivity index (χ3n) is 1.58. The van der Waals surface area contributed by atoms with E-state index in [0.717, 1.165) is 0 Å². The average Bonchev–Trinajstić information content (AvgIpc) is 1.88. The number of piperazine rings is 1. The molecule has 1 aliphatic rings. The molecule has 1 rings (SSSR count). The lowest BCUT2D eigenvalue weighted by Crippen LogP contribution is -2.50. The maximum absolute atomic E-state index is 10.3. The van der Waals surface area contributed by atoms with Crippen molar-refractivity contribution in [3.05, 3.63) is 0 Å². The molecule has 0 aromatic heterocycles. The molecule has 1 amide bonds. The van der Waals surface area contributed by atoms with Gasteiger partial charge in [0.2, 0.25) is 0 Å². The Bertz CT molecular complexity index is 131. The molecule has 1 saturated heterocycles. The molecule has 0 aliphatic carbocycles. The van der Waals surface area contributed by atoms with Gasteiger partial charge in [-0.2, -0.15) is 0 Å². The first-order valence-electron chi connectivity index (χ1n) is 3.17. The van der Waals surface area contributed by atoms with Crippen LogP contribution in [0.25, 0.3) is 0 Å². The molecular weight excluding hydrogens is 134 g/mol. The van der Waals surface area contributed by atoms with Crippen molar-refractivity contribution in [3.8, 4) is 0 Å². The molecule has 0 radical (unpaired) electrons. The van der Waals surface area contributed by atoms with Crippen molar-refractivity contribution in [1.82, 2.24) is 9.91 Å². The third kappa shape index (κ3) is 1.58. The molecule has 10 heavy (non-hydrogen) atoms. The van der Waals surface area contributed by atoms with Crippen LogP contribution in [0.2, 0.25) is 0 Å². The molecule has 0 spiro atoms. The Hall–Kier alpha value is -0.810. The summed E-state index contributed by atoms with van der Waals surface area (Å²) < 4.78 is 0. The number of amides is 1. The predicted octanol–water partition coefficient (Wildman–Crippen LogP) is -0.844. The summed E-state index contributed by atoms with van der Waals surface area (Å²) in [7, 11) is 0. The van der Waals surface area contributed by atoms with Crippen molar-refractivity contribution in [1.29, 1.82) is 0 Å². The molecule has 0 unspecified atom stereocenters. The van der Waals surface area contributed by atoms with Crippen LogP contribution in [0, 0.1) is 0 Å². The Morgan fingerprint density at radius 1 is 1.30 bits per heavy atom. The van der Waals surface area contributed by atoms with Gasteiger partial charge in [0.25, 0.3) is 0 Å².